The molecule has 1 aliphatic heterocycles. The van der Waals surface area contributed by atoms with Gasteiger partial charge in [-0.15, -0.1) is 0 Å². The summed E-state index contributed by atoms with van der Waals surface area (Å²) in [4.78, 5) is 4.41. The summed E-state index contributed by atoms with van der Waals surface area (Å²) < 4.78 is 18.3. The van der Waals surface area contributed by atoms with E-state index in [4.69, 9.17) is 4.52 Å². The maximum Gasteiger partial charge on any atom is 0.151 e. The minimum Gasteiger partial charge on any atom is -0.395 e. The number of piperazine rings is 1. The largest absolute Gasteiger partial charge is 0.395 e. The summed E-state index contributed by atoms with van der Waals surface area (Å²) in [6.45, 7) is 3.48. The summed E-state index contributed by atoms with van der Waals surface area (Å²) >= 11 is 0. The van der Waals surface area contributed by atoms with Crippen LogP contribution in [0.15, 0.2) is 34.9 Å². The van der Waals surface area contributed by atoms with Crippen LogP contribution in [-0.2, 0) is 6.54 Å². The van der Waals surface area contributed by atoms with Gasteiger partial charge in [-0.05, 0) is 31.3 Å². The lowest BCUT2D eigenvalue weighted by molar-refractivity contribution is 0.0499. The first-order valence-electron chi connectivity index (χ1n) is 7.40. The van der Waals surface area contributed by atoms with Crippen molar-refractivity contribution in [3.63, 3.8) is 0 Å². The lowest BCUT2D eigenvalue weighted by Gasteiger charge is -2.38. The topological polar surface area (TPSA) is 52.7 Å². The van der Waals surface area contributed by atoms with Gasteiger partial charge in [0.25, 0.3) is 0 Å². The zero-order valence-corrected chi connectivity index (χ0v) is 12.6. The molecule has 0 bridgehead atoms. The van der Waals surface area contributed by atoms with Crippen LogP contribution in [0.25, 0.3) is 11.3 Å². The number of likely N-dealkylation sites (N-methyl/N-ethyl adjacent to an activating group) is 1. The maximum absolute atomic E-state index is 12.9. The van der Waals surface area contributed by atoms with Crippen LogP contribution in [0.4, 0.5) is 4.39 Å². The molecular formula is C16H20FN3O2. The molecule has 1 aliphatic rings. The number of rotatable bonds is 4. The number of halogens is 1. The predicted molar refractivity (Wildman–Crippen MR) is 80.7 cm³/mol. The van der Waals surface area contributed by atoms with Gasteiger partial charge < -0.3 is 9.63 Å². The smallest absolute Gasteiger partial charge is 0.151 e. The van der Waals surface area contributed by atoms with Crippen LogP contribution in [-0.4, -0.2) is 59.4 Å². The Morgan fingerprint density at radius 3 is 2.82 bits per heavy atom. The summed E-state index contributed by atoms with van der Waals surface area (Å²) in [6, 6.07) is 8.25. The summed E-state index contributed by atoms with van der Waals surface area (Å²) in [5.74, 6) is 0.514. The third-order valence-corrected chi connectivity index (χ3v) is 4.15. The van der Waals surface area contributed by atoms with Gasteiger partial charge in [0.05, 0.1) is 13.2 Å². The summed E-state index contributed by atoms with van der Waals surface area (Å²) in [6.07, 6.45) is 0. The standard InChI is InChI=1S/C16H20FN3O2/c1-19-6-7-20(9-14(19)11-21)10-15-8-16(18-22-15)12-2-4-13(17)5-3-12/h2-5,8,14,21H,6-7,9-11H2,1H3. The van der Waals surface area contributed by atoms with Gasteiger partial charge in [0.2, 0.25) is 0 Å². The molecule has 1 N–H and O–H groups in total. The quantitative estimate of drug-likeness (QED) is 0.929. The Kier molecular flexibility index (Phi) is 4.52. The van der Waals surface area contributed by atoms with Crippen LogP contribution in [0.3, 0.4) is 0 Å². The lowest BCUT2D eigenvalue weighted by atomic mass is 10.1. The molecule has 1 aromatic heterocycles. The highest BCUT2D eigenvalue weighted by Crippen LogP contribution is 2.21. The Bertz CT molecular complexity index is 614. The molecule has 5 nitrogen and oxygen atoms in total. The summed E-state index contributed by atoms with van der Waals surface area (Å²) in [7, 11) is 2.03. The van der Waals surface area contributed by atoms with Crippen molar-refractivity contribution < 1.29 is 14.0 Å². The van der Waals surface area contributed by atoms with Gasteiger partial charge in [-0.1, -0.05) is 5.16 Å². The van der Waals surface area contributed by atoms with Crippen LogP contribution in [0.2, 0.25) is 0 Å². The van der Waals surface area contributed by atoms with Gasteiger partial charge >= 0.3 is 0 Å². The van der Waals surface area contributed by atoms with Crippen LogP contribution in [0.1, 0.15) is 5.76 Å². The number of aromatic nitrogens is 1. The van der Waals surface area contributed by atoms with E-state index in [-0.39, 0.29) is 18.5 Å². The molecule has 1 atom stereocenters. The number of hydrogen-bond acceptors (Lipinski definition) is 5. The molecule has 6 heteroatoms. The zero-order valence-electron chi connectivity index (χ0n) is 12.6. The number of hydrogen-bond donors (Lipinski definition) is 1. The second-order valence-corrected chi connectivity index (χ2v) is 5.74. The molecule has 0 radical (unpaired) electrons. The van der Waals surface area contributed by atoms with Crippen molar-refractivity contribution in [1.29, 1.82) is 0 Å². The van der Waals surface area contributed by atoms with E-state index in [0.29, 0.717) is 12.2 Å². The number of aliphatic hydroxyl groups is 1. The van der Waals surface area contributed by atoms with E-state index < -0.39 is 0 Å². The third kappa shape index (κ3) is 3.35. The third-order valence-electron chi connectivity index (χ3n) is 4.15. The van der Waals surface area contributed by atoms with Gasteiger partial charge in [-0.25, -0.2) is 4.39 Å². The lowest BCUT2D eigenvalue weighted by Crippen LogP contribution is -2.52. The summed E-state index contributed by atoms with van der Waals surface area (Å²) in [5.41, 5.74) is 1.55. The predicted octanol–water partition coefficient (Wildman–Crippen LogP) is 1.59. The molecule has 2 aromatic rings. The first-order chi connectivity index (χ1) is 10.7. The minimum atomic E-state index is -0.264. The van der Waals surface area contributed by atoms with Crippen molar-refractivity contribution in [2.45, 2.75) is 12.6 Å². The van der Waals surface area contributed by atoms with E-state index in [0.717, 1.165) is 31.0 Å². The highest BCUT2D eigenvalue weighted by molar-refractivity contribution is 5.58. The summed E-state index contributed by atoms with van der Waals surface area (Å²) in [5, 5.41) is 13.4. The molecule has 0 aliphatic carbocycles. The molecule has 0 saturated carbocycles. The average Bonchev–Trinajstić information content (AvgIpc) is 2.98. The second-order valence-electron chi connectivity index (χ2n) is 5.74. The molecule has 0 spiro atoms. The average molecular weight is 305 g/mol. The van der Waals surface area contributed by atoms with E-state index in [9.17, 15) is 9.50 Å². The Balaban J connectivity index is 1.65. The van der Waals surface area contributed by atoms with Crippen molar-refractivity contribution in [3.8, 4) is 11.3 Å². The van der Waals surface area contributed by atoms with E-state index in [1.54, 1.807) is 12.1 Å². The van der Waals surface area contributed by atoms with Crippen molar-refractivity contribution in [2.24, 2.45) is 0 Å². The highest BCUT2D eigenvalue weighted by atomic mass is 19.1. The van der Waals surface area contributed by atoms with Crippen LogP contribution < -0.4 is 0 Å². The molecule has 0 amide bonds. The highest BCUT2D eigenvalue weighted by Gasteiger charge is 2.24. The van der Waals surface area contributed by atoms with E-state index in [1.165, 1.54) is 12.1 Å². The minimum absolute atomic E-state index is 0.157. The monoisotopic (exact) mass is 305 g/mol. The van der Waals surface area contributed by atoms with Gasteiger partial charge in [-0.3, -0.25) is 9.80 Å². The van der Waals surface area contributed by atoms with Crippen LogP contribution in [0, 0.1) is 5.82 Å². The van der Waals surface area contributed by atoms with Gasteiger partial charge in [0.15, 0.2) is 5.76 Å². The van der Waals surface area contributed by atoms with E-state index in [2.05, 4.69) is 15.0 Å². The Labute approximate surface area is 128 Å². The molecule has 1 unspecified atom stereocenters. The first-order valence-corrected chi connectivity index (χ1v) is 7.40. The van der Waals surface area contributed by atoms with Gasteiger partial charge in [0.1, 0.15) is 11.5 Å². The zero-order chi connectivity index (χ0) is 15.5. The van der Waals surface area contributed by atoms with E-state index in [1.807, 2.05) is 13.1 Å². The molecule has 1 saturated heterocycles. The second kappa shape index (κ2) is 6.56. The SMILES string of the molecule is CN1CCN(Cc2cc(-c3ccc(F)cc3)no2)CC1CO. The number of nitrogens with zero attached hydrogens (tertiary/aromatic N) is 3. The fourth-order valence-electron chi connectivity index (χ4n) is 2.72. The molecule has 3 rings (SSSR count). The number of benzene rings is 1. The fraction of sp³-hybridized carbons (Fsp3) is 0.438. The number of aliphatic hydroxyl groups excluding tert-OH is 1. The molecule has 22 heavy (non-hydrogen) atoms. The van der Waals surface area contributed by atoms with Crippen molar-refractivity contribution >= 4 is 0 Å². The van der Waals surface area contributed by atoms with Crippen LogP contribution >= 0.6 is 0 Å². The molecule has 2 heterocycles. The van der Waals surface area contributed by atoms with Crippen molar-refractivity contribution in [2.75, 3.05) is 33.3 Å². The van der Waals surface area contributed by atoms with Crippen LogP contribution in [0.5, 0.6) is 0 Å². The molecule has 1 aromatic carbocycles. The molecule has 118 valence electrons. The van der Waals surface area contributed by atoms with Crippen molar-refractivity contribution in [3.05, 3.63) is 41.9 Å². The van der Waals surface area contributed by atoms with Gasteiger partial charge in [-0.2, -0.15) is 0 Å². The van der Waals surface area contributed by atoms with Gasteiger partial charge in [0, 0.05) is 37.3 Å². The molecule has 1 fully saturated rings. The van der Waals surface area contributed by atoms with Crippen molar-refractivity contribution in [1.82, 2.24) is 15.0 Å². The Morgan fingerprint density at radius 2 is 2.09 bits per heavy atom. The molecular weight excluding hydrogens is 285 g/mol. The maximum atomic E-state index is 12.9. The Hall–Kier alpha value is -1.76. The normalized spacial score (nSPS) is 20.4. The first kappa shape index (κ1) is 15.1. The Morgan fingerprint density at radius 1 is 1.32 bits per heavy atom. The van der Waals surface area contributed by atoms with E-state index >= 15 is 0 Å². The fourth-order valence-corrected chi connectivity index (χ4v) is 2.72.